The van der Waals surface area contributed by atoms with Crippen molar-refractivity contribution in [1.29, 1.82) is 0 Å². The van der Waals surface area contributed by atoms with E-state index in [1.54, 1.807) is 0 Å². The van der Waals surface area contributed by atoms with Gasteiger partial charge in [0.15, 0.2) is 0 Å². The quantitative estimate of drug-likeness (QED) is 0.188. The molecule has 0 amide bonds. The average molecular weight is 563 g/mol. The van der Waals surface area contributed by atoms with E-state index in [2.05, 4.69) is 158 Å². The molecule has 200 valence electrons. The first-order chi connectivity index (χ1) is 21.3. The third kappa shape index (κ3) is 3.75. The van der Waals surface area contributed by atoms with Gasteiger partial charge < -0.3 is 0 Å². The lowest BCUT2D eigenvalue weighted by atomic mass is 9.84. The lowest BCUT2D eigenvalue weighted by Crippen LogP contribution is -1.91. The molecule has 9 rings (SSSR count). The van der Waals surface area contributed by atoms with Gasteiger partial charge in [-0.3, -0.25) is 0 Å². The van der Waals surface area contributed by atoms with Crippen LogP contribution in [0.4, 0.5) is 0 Å². The summed E-state index contributed by atoms with van der Waals surface area (Å²) >= 11 is 1.91. The number of fused-ring (bicyclic) bond motifs is 6. The third-order valence-electron chi connectivity index (χ3n) is 8.85. The minimum Gasteiger partial charge on any atom is -0.135 e. The maximum atomic E-state index is 2.37. The molecule has 0 saturated heterocycles. The Bertz CT molecular complexity index is 2440. The van der Waals surface area contributed by atoms with Gasteiger partial charge in [-0.25, -0.2) is 0 Å². The second-order valence-electron chi connectivity index (χ2n) is 11.2. The smallest absolute Gasteiger partial charge is 0.0440 e. The van der Waals surface area contributed by atoms with Gasteiger partial charge >= 0.3 is 0 Å². The predicted octanol–water partition coefficient (Wildman–Crippen LogP) is 12.5. The highest BCUT2D eigenvalue weighted by Crippen LogP contribution is 2.49. The van der Waals surface area contributed by atoms with Crippen molar-refractivity contribution in [2.75, 3.05) is 0 Å². The summed E-state index contributed by atoms with van der Waals surface area (Å²) in [7, 11) is 0. The van der Waals surface area contributed by atoms with Crippen molar-refractivity contribution >= 4 is 63.8 Å². The van der Waals surface area contributed by atoms with Crippen LogP contribution in [-0.2, 0) is 0 Å². The summed E-state index contributed by atoms with van der Waals surface area (Å²) in [5, 5.41) is 10.3. The Hall–Kier alpha value is -5.24. The van der Waals surface area contributed by atoms with E-state index in [1.807, 2.05) is 11.3 Å². The van der Waals surface area contributed by atoms with Gasteiger partial charge in [-0.05, 0) is 72.3 Å². The van der Waals surface area contributed by atoms with Crippen LogP contribution in [0.1, 0.15) is 0 Å². The van der Waals surface area contributed by atoms with Crippen LogP contribution in [0.25, 0.3) is 85.9 Å². The molecular weight excluding hydrogens is 537 g/mol. The molecule has 0 aliphatic carbocycles. The molecule has 1 heterocycles. The third-order valence-corrected chi connectivity index (χ3v) is 10.1. The summed E-state index contributed by atoms with van der Waals surface area (Å²) in [5.41, 5.74) is 7.71. The number of rotatable bonds is 3. The molecule has 1 aromatic heterocycles. The van der Waals surface area contributed by atoms with Crippen LogP contribution >= 0.6 is 11.3 Å². The molecule has 0 radical (unpaired) electrons. The van der Waals surface area contributed by atoms with Crippen LogP contribution in [0.15, 0.2) is 158 Å². The lowest BCUT2D eigenvalue weighted by molar-refractivity contribution is 1.66. The Labute approximate surface area is 254 Å². The zero-order valence-corrected chi connectivity index (χ0v) is 24.2. The molecule has 0 aliphatic heterocycles. The maximum absolute atomic E-state index is 2.37. The number of benzene rings is 8. The van der Waals surface area contributed by atoms with Gasteiger partial charge in [0, 0.05) is 25.7 Å². The molecule has 0 bridgehead atoms. The lowest BCUT2D eigenvalue weighted by Gasteiger charge is -2.19. The van der Waals surface area contributed by atoms with Gasteiger partial charge in [0.05, 0.1) is 0 Å². The first-order valence-corrected chi connectivity index (χ1v) is 15.6. The first-order valence-electron chi connectivity index (χ1n) is 14.8. The molecule has 0 saturated carbocycles. The van der Waals surface area contributed by atoms with Crippen molar-refractivity contribution < 1.29 is 0 Å². The molecule has 0 spiro atoms. The van der Waals surface area contributed by atoms with Crippen molar-refractivity contribution in [3.63, 3.8) is 0 Å². The molecule has 0 aliphatic rings. The van der Waals surface area contributed by atoms with Gasteiger partial charge in [0.2, 0.25) is 0 Å². The highest BCUT2D eigenvalue weighted by molar-refractivity contribution is 7.26. The molecule has 9 aromatic rings. The standard InChI is InChI=1S/C42H26S/c1-2-13-28(14-3-1)31-24-25-37(42-41(31)36-20-10-11-21-38(36)43-42)40-34-18-8-6-16-32(34)39(33-17-7-9-19-35(33)40)30-23-22-27-12-4-5-15-29(27)26-30/h1-26H. The van der Waals surface area contributed by atoms with Crippen LogP contribution in [0, 0.1) is 0 Å². The second-order valence-corrected chi connectivity index (χ2v) is 12.3. The number of hydrogen-bond donors (Lipinski definition) is 0. The van der Waals surface area contributed by atoms with Crippen LogP contribution in [-0.4, -0.2) is 0 Å². The van der Waals surface area contributed by atoms with Crippen molar-refractivity contribution in [3.05, 3.63) is 158 Å². The average Bonchev–Trinajstić information content (AvgIpc) is 3.47. The summed E-state index contributed by atoms with van der Waals surface area (Å²) < 4.78 is 2.67. The number of hydrogen-bond acceptors (Lipinski definition) is 1. The molecule has 8 aromatic carbocycles. The molecule has 0 atom stereocenters. The highest BCUT2D eigenvalue weighted by atomic mass is 32.1. The fraction of sp³-hybridized carbons (Fsp3) is 0. The predicted molar refractivity (Wildman–Crippen MR) is 188 cm³/mol. The Morgan fingerprint density at radius 3 is 1.63 bits per heavy atom. The Kier molecular flexibility index (Phi) is 5.47. The second kappa shape index (κ2) is 9.66. The molecular formula is C42H26S. The van der Waals surface area contributed by atoms with Crippen molar-refractivity contribution in [1.82, 2.24) is 0 Å². The van der Waals surface area contributed by atoms with Crippen LogP contribution in [0.3, 0.4) is 0 Å². The van der Waals surface area contributed by atoms with E-state index >= 15 is 0 Å². The zero-order valence-electron chi connectivity index (χ0n) is 23.4. The molecule has 0 fully saturated rings. The number of thiophene rings is 1. The van der Waals surface area contributed by atoms with Crippen molar-refractivity contribution in [2.24, 2.45) is 0 Å². The van der Waals surface area contributed by atoms with E-state index in [0.29, 0.717) is 0 Å². The van der Waals surface area contributed by atoms with Crippen LogP contribution in [0.2, 0.25) is 0 Å². The maximum Gasteiger partial charge on any atom is 0.0440 e. The summed E-state index contributed by atoms with van der Waals surface area (Å²) in [5.74, 6) is 0. The Balaban J connectivity index is 1.42. The normalized spacial score (nSPS) is 11.7. The fourth-order valence-corrected chi connectivity index (χ4v) is 8.21. The topological polar surface area (TPSA) is 0 Å². The van der Waals surface area contributed by atoms with Crippen molar-refractivity contribution in [2.45, 2.75) is 0 Å². The monoisotopic (exact) mass is 562 g/mol. The summed E-state index contributed by atoms with van der Waals surface area (Å²) in [4.78, 5) is 0. The van der Waals surface area contributed by atoms with Crippen LogP contribution in [0.5, 0.6) is 0 Å². The van der Waals surface area contributed by atoms with Gasteiger partial charge in [-0.15, -0.1) is 11.3 Å². The largest absolute Gasteiger partial charge is 0.135 e. The van der Waals surface area contributed by atoms with E-state index in [-0.39, 0.29) is 0 Å². The Morgan fingerprint density at radius 1 is 0.349 bits per heavy atom. The van der Waals surface area contributed by atoms with Crippen LogP contribution < -0.4 is 0 Å². The first kappa shape index (κ1) is 24.4. The summed E-state index contributed by atoms with van der Waals surface area (Å²) in [6.45, 7) is 0. The molecule has 43 heavy (non-hydrogen) atoms. The van der Waals surface area contributed by atoms with E-state index in [1.165, 1.54) is 85.9 Å². The Morgan fingerprint density at radius 2 is 0.907 bits per heavy atom. The van der Waals surface area contributed by atoms with E-state index in [4.69, 9.17) is 0 Å². The summed E-state index contributed by atoms with van der Waals surface area (Å²) in [6.07, 6.45) is 0. The van der Waals surface area contributed by atoms with Crippen molar-refractivity contribution in [3.8, 4) is 33.4 Å². The van der Waals surface area contributed by atoms with Gasteiger partial charge in [-0.1, -0.05) is 146 Å². The molecule has 0 N–H and O–H groups in total. The molecule has 1 heteroatoms. The highest BCUT2D eigenvalue weighted by Gasteiger charge is 2.21. The molecule has 0 unspecified atom stereocenters. The van der Waals surface area contributed by atoms with E-state index in [9.17, 15) is 0 Å². The molecule has 0 nitrogen and oxygen atoms in total. The van der Waals surface area contributed by atoms with Gasteiger partial charge in [-0.2, -0.15) is 0 Å². The van der Waals surface area contributed by atoms with Gasteiger partial charge in [0.25, 0.3) is 0 Å². The minimum atomic E-state index is 1.25. The summed E-state index contributed by atoms with van der Waals surface area (Å²) in [6, 6.07) is 57.9. The van der Waals surface area contributed by atoms with Gasteiger partial charge in [0.1, 0.15) is 0 Å². The SMILES string of the molecule is c1ccc(-c2ccc(-c3c4ccccc4c(-c4ccc5ccccc5c4)c4ccccc34)c3sc4ccccc4c23)cc1. The van der Waals surface area contributed by atoms with E-state index < -0.39 is 0 Å². The fourth-order valence-electron chi connectivity index (χ4n) is 6.96. The minimum absolute atomic E-state index is 1.25. The van der Waals surface area contributed by atoms with E-state index in [0.717, 1.165) is 0 Å². The zero-order chi connectivity index (χ0) is 28.3.